The normalized spacial score (nSPS) is 12.2. The zero-order chi connectivity index (χ0) is 15.6. The first-order valence-corrected chi connectivity index (χ1v) is 7.56. The van der Waals surface area contributed by atoms with Gasteiger partial charge in [-0.05, 0) is 44.5 Å². The van der Waals surface area contributed by atoms with E-state index in [2.05, 4.69) is 5.32 Å². The third kappa shape index (κ3) is 4.92. The molecule has 0 unspecified atom stereocenters. The first-order chi connectivity index (χ1) is 9.03. The van der Waals surface area contributed by atoms with E-state index in [1.807, 2.05) is 20.8 Å². The van der Waals surface area contributed by atoms with Crippen molar-refractivity contribution in [2.45, 2.75) is 37.8 Å². The Labute approximate surface area is 119 Å². The third-order valence-electron chi connectivity index (χ3n) is 2.36. The van der Waals surface area contributed by atoms with Crippen molar-refractivity contribution in [3.63, 3.8) is 0 Å². The Morgan fingerprint density at radius 1 is 1.30 bits per heavy atom. The number of carbonyl (C=O) groups excluding carboxylic acids is 1. The molecule has 0 atom stereocenters. The van der Waals surface area contributed by atoms with Gasteiger partial charge in [-0.2, -0.15) is 0 Å². The van der Waals surface area contributed by atoms with Crippen LogP contribution in [0.15, 0.2) is 23.1 Å². The summed E-state index contributed by atoms with van der Waals surface area (Å²) < 4.78 is 27.9. The molecule has 0 saturated heterocycles. The number of methoxy groups -OCH3 is 1. The number of hydrogen-bond donors (Lipinski definition) is 2. The Balaban J connectivity index is 3.25. The topological polar surface area (TPSA) is 98.5 Å². The molecule has 0 heterocycles. The van der Waals surface area contributed by atoms with Gasteiger partial charge in [0, 0.05) is 18.2 Å². The van der Waals surface area contributed by atoms with E-state index in [0.717, 1.165) is 0 Å². The van der Waals surface area contributed by atoms with E-state index < -0.39 is 15.6 Å². The van der Waals surface area contributed by atoms with Crippen molar-refractivity contribution in [2.75, 3.05) is 7.11 Å². The lowest BCUT2D eigenvalue weighted by Crippen LogP contribution is -2.40. The molecule has 0 aliphatic carbocycles. The third-order valence-corrected chi connectivity index (χ3v) is 3.25. The zero-order valence-electron chi connectivity index (χ0n) is 12.1. The van der Waals surface area contributed by atoms with E-state index in [9.17, 15) is 13.2 Å². The van der Waals surface area contributed by atoms with Crippen molar-refractivity contribution >= 4 is 15.9 Å². The summed E-state index contributed by atoms with van der Waals surface area (Å²) in [7, 11) is -2.39. The van der Waals surface area contributed by atoms with Gasteiger partial charge in [0.15, 0.2) is 0 Å². The van der Waals surface area contributed by atoms with Crippen LogP contribution in [0.3, 0.4) is 0 Å². The number of sulfonamides is 1. The van der Waals surface area contributed by atoms with Crippen LogP contribution < -0.4 is 10.5 Å². The van der Waals surface area contributed by atoms with Crippen LogP contribution in [0.1, 0.15) is 36.7 Å². The fraction of sp³-hybridized carbons (Fsp3) is 0.462. The number of nitrogens with two attached hydrogens (primary N) is 1. The molecule has 1 aromatic rings. The lowest BCUT2D eigenvalue weighted by molar-refractivity contribution is 0.0919. The fourth-order valence-electron chi connectivity index (χ4n) is 1.62. The maximum Gasteiger partial charge on any atom is 0.251 e. The Morgan fingerprint density at radius 3 is 2.35 bits per heavy atom. The summed E-state index contributed by atoms with van der Waals surface area (Å²) in [5.74, 6) is -0.361. The average molecular weight is 300 g/mol. The van der Waals surface area contributed by atoms with Crippen molar-refractivity contribution in [3.05, 3.63) is 29.3 Å². The Morgan fingerprint density at radius 2 is 1.90 bits per heavy atom. The smallest absolute Gasteiger partial charge is 0.251 e. The first-order valence-electron chi connectivity index (χ1n) is 6.01. The number of nitrogens with one attached hydrogen (secondary N) is 1. The summed E-state index contributed by atoms with van der Waals surface area (Å²) in [6.07, 6.45) is 0. The molecule has 0 fully saturated rings. The minimum Gasteiger partial charge on any atom is -0.380 e. The number of carbonyl (C=O) groups is 1. The second kappa shape index (κ2) is 5.90. The molecule has 7 heteroatoms. The second-order valence-corrected chi connectivity index (χ2v) is 7.11. The second-order valence-electron chi connectivity index (χ2n) is 5.55. The van der Waals surface area contributed by atoms with Gasteiger partial charge in [0.1, 0.15) is 0 Å². The van der Waals surface area contributed by atoms with E-state index in [0.29, 0.717) is 5.56 Å². The summed E-state index contributed by atoms with van der Waals surface area (Å²) in [6, 6.07) is 4.24. The average Bonchev–Trinajstić information content (AvgIpc) is 2.25. The van der Waals surface area contributed by atoms with Crippen molar-refractivity contribution in [2.24, 2.45) is 5.14 Å². The number of benzene rings is 1. The molecule has 0 aliphatic heterocycles. The van der Waals surface area contributed by atoms with Gasteiger partial charge >= 0.3 is 0 Å². The maximum atomic E-state index is 12.1. The fourth-order valence-corrected chi connectivity index (χ4v) is 2.23. The largest absolute Gasteiger partial charge is 0.380 e. The quantitative estimate of drug-likeness (QED) is 0.867. The molecule has 0 saturated carbocycles. The van der Waals surface area contributed by atoms with Crippen LogP contribution in [0, 0.1) is 0 Å². The summed E-state index contributed by atoms with van der Waals surface area (Å²) in [5, 5.41) is 7.89. The predicted octanol–water partition coefficient (Wildman–Crippen LogP) is 1.01. The number of ether oxygens (including phenoxy) is 1. The molecule has 0 aliphatic rings. The molecule has 0 radical (unpaired) electrons. The van der Waals surface area contributed by atoms with Gasteiger partial charge in [-0.3, -0.25) is 4.79 Å². The maximum absolute atomic E-state index is 12.1. The van der Waals surface area contributed by atoms with Crippen LogP contribution in [-0.2, 0) is 21.4 Å². The molecule has 0 bridgehead atoms. The lowest BCUT2D eigenvalue weighted by Gasteiger charge is -2.21. The minimum absolute atomic E-state index is 0.105. The summed E-state index contributed by atoms with van der Waals surface area (Å²) in [6.45, 7) is 5.71. The van der Waals surface area contributed by atoms with Crippen molar-refractivity contribution in [1.82, 2.24) is 5.32 Å². The molecular formula is C13H20N2O4S. The van der Waals surface area contributed by atoms with E-state index in [4.69, 9.17) is 9.88 Å². The number of amides is 1. The van der Waals surface area contributed by atoms with Crippen molar-refractivity contribution in [3.8, 4) is 0 Å². The summed E-state index contributed by atoms with van der Waals surface area (Å²) in [4.78, 5) is 12.0. The van der Waals surface area contributed by atoms with Gasteiger partial charge in [0.25, 0.3) is 5.91 Å². The van der Waals surface area contributed by atoms with Gasteiger partial charge in [-0.1, -0.05) is 0 Å². The summed E-state index contributed by atoms with van der Waals surface area (Å²) >= 11 is 0. The molecule has 6 nitrogen and oxygen atoms in total. The van der Waals surface area contributed by atoms with Crippen LogP contribution in [-0.4, -0.2) is 27.0 Å². The standard InChI is InChI=1S/C13H20N2O4S/c1-13(2,3)15-12(16)10-5-9(8-19-4)6-11(7-10)20(14,17)18/h5-7H,8H2,1-4H3,(H,15,16)(H2,14,17,18). The highest BCUT2D eigenvalue weighted by Crippen LogP contribution is 2.16. The van der Waals surface area contributed by atoms with Crippen LogP contribution in [0.4, 0.5) is 0 Å². The van der Waals surface area contributed by atoms with Crippen LogP contribution in [0.25, 0.3) is 0 Å². The highest BCUT2D eigenvalue weighted by molar-refractivity contribution is 7.89. The predicted molar refractivity (Wildman–Crippen MR) is 75.7 cm³/mol. The molecule has 1 aromatic carbocycles. The molecule has 20 heavy (non-hydrogen) atoms. The number of rotatable bonds is 4. The van der Waals surface area contributed by atoms with Crippen LogP contribution in [0.2, 0.25) is 0 Å². The SMILES string of the molecule is COCc1cc(C(=O)NC(C)(C)C)cc(S(N)(=O)=O)c1. The first kappa shape index (κ1) is 16.6. The molecule has 0 spiro atoms. The zero-order valence-corrected chi connectivity index (χ0v) is 12.9. The van der Waals surface area contributed by atoms with E-state index in [1.165, 1.54) is 19.2 Å². The van der Waals surface area contributed by atoms with Gasteiger partial charge in [0.05, 0.1) is 11.5 Å². The molecular weight excluding hydrogens is 280 g/mol. The Bertz CT molecular complexity index is 603. The Kier molecular flexibility index (Phi) is 4.90. The van der Waals surface area contributed by atoms with Crippen molar-refractivity contribution in [1.29, 1.82) is 0 Å². The van der Waals surface area contributed by atoms with Gasteiger partial charge in [0.2, 0.25) is 10.0 Å². The van der Waals surface area contributed by atoms with Crippen LogP contribution >= 0.6 is 0 Å². The molecule has 112 valence electrons. The molecule has 3 N–H and O–H groups in total. The minimum atomic E-state index is -3.88. The summed E-state index contributed by atoms with van der Waals surface area (Å²) in [5.41, 5.74) is 0.382. The lowest BCUT2D eigenvalue weighted by atomic mass is 10.1. The number of hydrogen-bond acceptors (Lipinski definition) is 4. The van der Waals surface area contributed by atoms with Gasteiger partial charge in [-0.15, -0.1) is 0 Å². The Hall–Kier alpha value is -1.44. The van der Waals surface area contributed by atoms with E-state index >= 15 is 0 Å². The van der Waals surface area contributed by atoms with E-state index in [-0.39, 0.29) is 23.0 Å². The van der Waals surface area contributed by atoms with Gasteiger partial charge in [-0.25, -0.2) is 13.6 Å². The monoisotopic (exact) mass is 300 g/mol. The highest BCUT2D eigenvalue weighted by atomic mass is 32.2. The molecule has 1 rings (SSSR count). The number of primary sulfonamides is 1. The van der Waals surface area contributed by atoms with Crippen molar-refractivity contribution < 1.29 is 17.9 Å². The molecule has 1 amide bonds. The highest BCUT2D eigenvalue weighted by Gasteiger charge is 2.18. The van der Waals surface area contributed by atoms with Gasteiger partial charge < -0.3 is 10.1 Å². The molecule has 0 aromatic heterocycles. The van der Waals surface area contributed by atoms with Crippen LogP contribution in [0.5, 0.6) is 0 Å². The van der Waals surface area contributed by atoms with E-state index in [1.54, 1.807) is 6.07 Å².